The molecular weight excluding hydrogens is 428 g/mol. The molecule has 2 amide bonds. The van der Waals surface area contributed by atoms with Crippen LogP contribution in [-0.2, 0) is 7.05 Å². The van der Waals surface area contributed by atoms with Gasteiger partial charge in [0.2, 0.25) is 0 Å². The number of aryl methyl sites for hydroxylation is 1. The van der Waals surface area contributed by atoms with Crippen LogP contribution in [0.4, 0.5) is 5.69 Å². The highest BCUT2D eigenvalue weighted by Gasteiger charge is 2.26. The first-order valence-corrected chi connectivity index (χ1v) is 11.1. The molecule has 0 aliphatic carbocycles. The third kappa shape index (κ3) is 4.97. The fraction of sp³-hybridized carbons (Fsp3) is 0.318. The Hall–Kier alpha value is -3.24. The first kappa shape index (κ1) is 22.0. The van der Waals surface area contributed by atoms with Crippen LogP contribution in [-0.4, -0.2) is 60.8 Å². The summed E-state index contributed by atoms with van der Waals surface area (Å²) in [5.41, 5.74) is 2.20. The Morgan fingerprint density at radius 2 is 2.12 bits per heavy atom. The van der Waals surface area contributed by atoms with Crippen molar-refractivity contribution < 1.29 is 14.7 Å². The molecule has 2 aromatic heterocycles. The molecule has 3 aromatic rings. The number of hydrogen-bond acceptors (Lipinski definition) is 7. The van der Waals surface area contributed by atoms with E-state index in [2.05, 4.69) is 27.4 Å². The topological polar surface area (TPSA) is 113 Å². The number of nitrogens with one attached hydrogen (secondary N) is 1. The lowest BCUT2D eigenvalue weighted by Gasteiger charge is -2.16. The molecule has 2 N–H and O–H groups in total. The standard InChI is InChI=1S/C22H24N6O3S/c1-14(32-22-26-24-13-27(22)2)15-4-3-5-17(10-15)25-20(30)19-11-16(6-8-23-19)21(31)28-9-7-18(29)12-28/h3-6,8,10-11,13-14,18,29H,7,9,12H2,1-2H3,(H,25,30)/t14-,18+/m1/s1. The normalized spacial score (nSPS) is 16.7. The van der Waals surface area contributed by atoms with Crippen molar-refractivity contribution in [2.24, 2.45) is 7.05 Å². The van der Waals surface area contributed by atoms with Crippen LogP contribution in [0, 0.1) is 0 Å². The fourth-order valence-electron chi connectivity index (χ4n) is 3.47. The number of aliphatic hydroxyl groups is 1. The van der Waals surface area contributed by atoms with Gasteiger partial charge in [-0.1, -0.05) is 23.9 Å². The van der Waals surface area contributed by atoms with Gasteiger partial charge in [0.25, 0.3) is 11.8 Å². The summed E-state index contributed by atoms with van der Waals surface area (Å²) in [7, 11) is 1.89. The molecule has 166 valence electrons. The molecule has 1 aliphatic rings. The van der Waals surface area contributed by atoms with Crippen LogP contribution in [0.25, 0.3) is 0 Å². The maximum Gasteiger partial charge on any atom is 0.274 e. The smallest absolute Gasteiger partial charge is 0.274 e. The Morgan fingerprint density at radius 1 is 1.28 bits per heavy atom. The van der Waals surface area contributed by atoms with Crippen molar-refractivity contribution in [1.82, 2.24) is 24.6 Å². The number of thioether (sulfide) groups is 1. The highest BCUT2D eigenvalue weighted by Crippen LogP contribution is 2.34. The second-order valence-electron chi connectivity index (χ2n) is 7.69. The van der Waals surface area contributed by atoms with E-state index in [-0.39, 0.29) is 16.9 Å². The molecule has 3 heterocycles. The number of hydrogen-bond donors (Lipinski definition) is 2. The molecule has 1 fully saturated rings. The van der Waals surface area contributed by atoms with Crippen molar-refractivity contribution in [2.75, 3.05) is 18.4 Å². The van der Waals surface area contributed by atoms with E-state index in [4.69, 9.17) is 0 Å². The number of carbonyl (C=O) groups excluding carboxylic acids is 2. The van der Waals surface area contributed by atoms with Crippen LogP contribution in [0.1, 0.15) is 45.0 Å². The quantitative estimate of drug-likeness (QED) is 0.553. The minimum atomic E-state index is -0.495. The minimum absolute atomic E-state index is 0.102. The summed E-state index contributed by atoms with van der Waals surface area (Å²) < 4.78 is 1.86. The molecule has 1 saturated heterocycles. The molecule has 0 unspecified atom stereocenters. The first-order valence-electron chi connectivity index (χ1n) is 10.3. The Bertz CT molecular complexity index is 1130. The monoisotopic (exact) mass is 452 g/mol. The highest BCUT2D eigenvalue weighted by atomic mass is 32.2. The van der Waals surface area contributed by atoms with E-state index in [0.29, 0.717) is 30.8 Å². The van der Waals surface area contributed by atoms with Crippen LogP contribution in [0.15, 0.2) is 54.1 Å². The number of anilines is 1. The Balaban J connectivity index is 1.44. The molecule has 1 aliphatic heterocycles. The Kier molecular flexibility index (Phi) is 6.52. The van der Waals surface area contributed by atoms with Crippen molar-refractivity contribution in [1.29, 1.82) is 0 Å². The molecule has 10 heteroatoms. The number of rotatable bonds is 6. The van der Waals surface area contributed by atoms with E-state index in [0.717, 1.165) is 10.7 Å². The summed E-state index contributed by atoms with van der Waals surface area (Å²) in [6, 6.07) is 10.7. The number of nitrogens with zero attached hydrogens (tertiary/aromatic N) is 5. The second kappa shape index (κ2) is 9.49. The predicted octanol–water partition coefficient (Wildman–Crippen LogP) is 2.52. The SMILES string of the molecule is C[C@@H](Sc1nncn1C)c1cccc(NC(=O)c2cc(C(=O)N3CC[C@H](O)C3)ccn2)c1. The van der Waals surface area contributed by atoms with Gasteiger partial charge in [-0.25, -0.2) is 0 Å². The van der Waals surface area contributed by atoms with Gasteiger partial charge in [0.05, 0.1) is 6.10 Å². The molecule has 32 heavy (non-hydrogen) atoms. The van der Waals surface area contributed by atoms with Gasteiger partial charge < -0.3 is 19.9 Å². The molecule has 0 radical (unpaired) electrons. The summed E-state index contributed by atoms with van der Waals surface area (Å²) >= 11 is 1.58. The van der Waals surface area contributed by atoms with E-state index in [9.17, 15) is 14.7 Å². The number of β-amino-alcohol motifs (C(OH)–C–C–N with tert-alkyl or cyclic N) is 1. The van der Waals surface area contributed by atoms with E-state index >= 15 is 0 Å². The number of carbonyl (C=O) groups is 2. The number of aromatic nitrogens is 4. The number of amides is 2. The van der Waals surface area contributed by atoms with Crippen LogP contribution in [0.5, 0.6) is 0 Å². The van der Waals surface area contributed by atoms with Crippen LogP contribution < -0.4 is 5.32 Å². The lowest BCUT2D eigenvalue weighted by atomic mass is 10.1. The van der Waals surface area contributed by atoms with Gasteiger partial charge in [-0.2, -0.15) is 0 Å². The van der Waals surface area contributed by atoms with Gasteiger partial charge >= 0.3 is 0 Å². The summed E-state index contributed by atoms with van der Waals surface area (Å²) in [4.78, 5) is 31.1. The van der Waals surface area contributed by atoms with Crippen molar-refractivity contribution >= 4 is 29.3 Å². The third-order valence-electron chi connectivity index (χ3n) is 5.26. The zero-order valence-corrected chi connectivity index (χ0v) is 18.6. The van der Waals surface area contributed by atoms with Gasteiger partial charge in [0.15, 0.2) is 5.16 Å². The summed E-state index contributed by atoms with van der Waals surface area (Å²) in [6.07, 6.45) is 3.17. The van der Waals surface area contributed by atoms with Crippen LogP contribution in [0.2, 0.25) is 0 Å². The summed E-state index contributed by atoms with van der Waals surface area (Å²) in [5, 5.41) is 21.4. The highest BCUT2D eigenvalue weighted by molar-refractivity contribution is 7.99. The van der Waals surface area contributed by atoms with Crippen LogP contribution in [0.3, 0.4) is 0 Å². The van der Waals surface area contributed by atoms with E-state index < -0.39 is 12.0 Å². The van der Waals surface area contributed by atoms with Gasteiger partial charge in [-0.15, -0.1) is 10.2 Å². The van der Waals surface area contributed by atoms with Crippen molar-refractivity contribution in [3.8, 4) is 0 Å². The van der Waals surface area contributed by atoms with Crippen molar-refractivity contribution in [2.45, 2.75) is 29.9 Å². The number of likely N-dealkylation sites (tertiary alicyclic amines) is 1. The van der Waals surface area contributed by atoms with Crippen molar-refractivity contribution in [3.05, 3.63) is 65.7 Å². The maximum atomic E-state index is 12.8. The largest absolute Gasteiger partial charge is 0.391 e. The fourth-order valence-corrected chi connectivity index (χ4v) is 4.37. The number of pyridine rings is 1. The molecule has 0 saturated carbocycles. The molecular formula is C22H24N6O3S. The number of aliphatic hydroxyl groups excluding tert-OH is 1. The molecule has 2 atom stereocenters. The second-order valence-corrected chi connectivity index (χ2v) is 9.00. The Morgan fingerprint density at radius 3 is 2.84 bits per heavy atom. The van der Waals surface area contributed by atoms with E-state index in [1.54, 1.807) is 29.1 Å². The van der Waals surface area contributed by atoms with Gasteiger partial charge in [-0.05, 0) is 43.2 Å². The van der Waals surface area contributed by atoms with Crippen LogP contribution >= 0.6 is 11.8 Å². The van der Waals surface area contributed by atoms with Gasteiger partial charge in [0.1, 0.15) is 12.0 Å². The van der Waals surface area contributed by atoms with E-state index in [1.807, 2.05) is 35.9 Å². The number of benzene rings is 1. The zero-order chi connectivity index (χ0) is 22.7. The lowest BCUT2D eigenvalue weighted by molar-refractivity contribution is 0.0765. The summed E-state index contributed by atoms with van der Waals surface area (Å²) in [6.45, 7) is 2.87. The van der Waals surface area contributed by atoms with Gasteiger partial charge in [0, 0.05) is 42.8 Å². The molecule has 9 nitrogen and oxygen atoms in total. The minimum Gasteiger partial charge on any atom is -0.391 e. The summed E-state index contributed by atoms with van der Waals surface area (Å²) in [5.74, 6) is -0.610. The average Bonchev–Trinajstić information content (AvgIpc) is 3.41. The first-order chi connectivity index (χ1) is 15.4. The molecule has 0 bridgehead atoms. The van der Waals surface area contributed by atoms with Gasteiger partial charge in [-0.3, -0.25) is 14.6 Å². The third-order valence-corrected chi connectivity index (χ3v) is 6.46. The zero-order valence-electron chi connectivity index (χ0n) is 17.8. The molecule has 4 rings (SSSR count). The van der Waals surface area contributed by atoms with E-state index in [1.165, 1.54) is 12.3 Å². The Labute approximate surface area is 189 Å². The maximum absolute atomic E-state index is 12.8. The van der Waals surface area contributed by atoms with Crippen molar-refractivity contribution in [3.63, 3.8) is 0 Å². The average molecular weight is 453 g/mol. The predicted molar refractivity (Wildman–Crippen MR) is 120 cm³/mol. The molecule has 1 aromatic carbocycles. The molecule has 0 spiro atoms. The lowest BCUT2D eigenvalue weighted by Crippen LogP contribution is -2.29.